The smallest absolute Gasteiger partial charge is 0.305 e. The lowest BCUT2D eigenvalue weighted by atomic mass is 9.85. The van der Waals surface area contributed by atoms with E-state index in [1.54, 1.807) is 0 Å². The molecule has 4 heteroatoms. The number of nitrogens with one attached hydrogen (secondary N) is 1. The second-order valence-electron chi connectivity index (χ2n) is 9.21. The number of hydrogen-bond acceptors (Lipinski definition) is 4. The average Bonchev–Trinajstić information content (AvgIpc) is 2.92. The number of ether oxygens (including phenoxy) is 2. The number of esters is 1. The first-order chi connectivity index (χ1) is 18.2. The van der Waals surface area contributed by atoms with E-state index >= 15 is 0 Å². The van der Waals surface area contributed by atoms with Gasteiger partial charge in [0.25, 0.3) is 0 Å². The van der Waals surface area contributed by atoms with Gasteiger partial charge in [-0.25, -0.2) is 0 Å². The van der Waals surface area contributed by atoms with Gasteiger partial charge in [0, 0.05) is 25.4 Å². The Morgan fingerprint density at radius 3 is 1.84 bits per heavy atom. The van der Waals surface area contributed by atoms with E-state index in [1.807, 2.05) is 60.7 Å². The molecule has 0 atom stereocenters. The van der Waals surface area contributed by atoms with E-state index in [-0.39, 0.29) is 5.97 Å². The monoisotopic (exact) mass is 489 g/mol. The van der Waals surface area contributed by atoms with Crippen LogP contribution in [0.15, 0.2) is 109 Å². The van der Waals surface area contributed by atoms with Crippen LogP contribution in [0.2, 0.25) is 0 Å². The molecule has 4 nitrogen and oxygen atoms in total. The first-order valence-corrected chi connectivity index (χ1v) is 12.7. The summed E-state index contributed by atoms with van der Waals surface area (Å²) in [7, 11) is 1.44. The summed E-state index contributed by atoms with van der Waals surface area (Å²) in [5.41, 5.74) is 6.86. The van der Waals surface area contributed by atoms with Gasteiger partial charge in [-0.1, -0.05) is 84.9 Å². The largest absolute Gasteiger partial charge is 0.469 e. The van der Waals surface area contributed by atoms with Gasteiger partial charge in [-0.05, 0) is 64.1 Å². The fraction of sp³-hybridized carbons (Fsp3) is 0.182. The lowest BCUT2D eigenvalue weighted by molar-refractivity contribution is -0.140. The Morgan fingerprint density at radius 2 is 1.27 bits per heavy atom. The zero-order chi connectivity index (χ0) is 25.5. The van der Waals surface area contributed by atoms with Gasteiger partial charge < -0.3 is 14.8 Å². The number of carbonyl (C=O) groups is 1. The van der Waals surface area contributed by atoms with E-state index in [4.69, 9.17) is 9.47 Å². The Labute approximate surface area is 218 Å². The van der Waals surface area contributed by atoms with E-state index in [0.29, 0.717) is 18.8 Å². The molecule has 1 fully saturated rings. The molecule has 0 spiro atoms. The molecule has 0 saturated carbocycles. The Balaban J connectivity index is 1.57. The Hall–Kier alpha value is -4.15. The van der Waals surface area contributed by atoms with Gasteiger partial charge in [-0.15, -0.1) is 0 Å². The average molecular weight is 490 g/mol. The second-order valence-corrected chi connectivity index (χ2v) is 9.21. The van der Waals surface area contributed by atoms with Crippen molar-refractivity contribution in [3.8, 4) is 11.5 Å². The molecule has 0 aromatic heterocycles. The SMILES string of the molecule is COC(=O)CC/C(=C(\c1ccc(Oc2ccccc2)cc1)c1ccc(C2CNC2)cc1)c1ccccc1. The third kappa shape index (κ3) is 5.99. The molecule has 1 heterocycles. The highest BCUT2D eigenvalue weighted by Gasteiger charge is 2.20. The maximum Gasteiger partial charge on any atom is 0.305 e. The van der Waals surface area contributed by atoms with E-state index in [2.05, 4.69) is 53.8 Å². The summed E-state index contributed by atoms with van der Waals surface area (Å²) in [6.07, 6.45) is 0.883. The molecule has 0 unspecified atom stereocenters. The fourth-order valence-electron chi connectivity index (χ4n) is 4.66. The number of carbonyl (C=O) groups excluding carboxylic acids is 1. The molecule has 1 N–H and O–H groups in total. The lowest BCUT2D eigenvalue weighted by Crippen LogP contribution is -2.39. The summed E-state index contributed by atoms with van der Waals surface area (Å²) in [4.78, 5) is 12.2. The summed E-state index contributed by atoms with van der Waals surface area (Å²) in [5.74, 6) is 1.93. The highest BCUT2D eigenvalue weighted by molar-refractivity contribution is 5.99. The highest BCUT2D eigenvalue weighted by atomic mass is 16.5. The normalized spacial score (nSPS) is 13.9. The van der Waals surface area contributed by atoms with Crippen LogP contribution in [0.25, 0.3) is 11.1 Å². The minimum absolute atomic E-state index is 0.216. The summed E-state index contributed by atoms with van der Waals surface area (Å²) >= 11 is 0. The van der Waals surface area contributed by atoms with Crippen molar-refractivity contribution in [3.63, 3.8) is 0 Å². The molecule has 0 amide bonds. The van der Waals surface area contributed by atoms with Gasteiger partial charge in [-0.3, -0.25) is 4.79 Å². The number of benzene rings is 4. The van der Waals surface area contributed by atoms with E-state index in [0.717, 1.165) is 52.4 Å². The Kier molecular flexibility index (Phi) is 7.78. The molecule has 5 rings (SSSR count). The lowest BCUT2D eigenvalue weighted by Gasteiger charge is -2.27. The number of allylic oxidation sites excluding steroid dienone is 1. The zero-order valence-electron chi connectivity index (χ0n) is 21.0. The van der Waals surface area contributed by atoms with Crippen LogP contribution in [-0.4, -0.2) is 26.2 Å². The maximum atomic E-state index is 12.2. The second kappa shape index (κ2) is 11.7. The van der Waals surface area contributed by atoms with Gasteiger partial charge in [-0.2, -0.15) is 0 Å². The Morgan fingerprint density at radius 1 is 0.703 bits per heavy atom. The third-order valence-electron chi connectivity index (χ3n) is 6.80. The third-order valence-corrected chi connectivity index (χ3v) is 6.80. The van der Waals surface area contributed by atoms with Crippen molar-refractivity contribution in [1.82, 2.24) is 5.32 Å². The molecule has 0 aliphatic carbocycles. The molecular formula is C33H31NO3. The molecular weight excluding hydrogens is 458 g/mol. The van der Waals surface area contributed by atoms with Crippen molar-refractivity contribution in [2.75, 3.05) is 20.2 Å². The quantitative estimate of drug-likeness (QED) is 0.202. The summed E-state index contributed by atoms with van der Waals surface area (Å²) in [6, 6.07) is 37.1. The van der Waals surface area contributed by atoms with Gasteiger partial charge >= 0.3 is 5.97 Å². The van der Waals surface area contributed by atoms with E-state index in [9.17, 15) is 4.79 Å². The predicted molar refractivity (Wildman–Crippen MR) is 149 cm³/mol. The molecule has 0 bridgehead atoms. The van der Waals surface area contributed by atoms with Gasteiger partial charge in [0.1, 0.15) is 11.5 Å². The first kappa shape index (κ1) is 24.5. The van der Waals surface area contributed by atoms with Crippen molar-refractivity contribution in [2.24, 2.45) is 0 Å². The van der Waals surface area contributed by atoms with Crippen LogP contribution in [0, 0.1) is 0 Å². The van der Waals surface area contributed by atoms with Crippen molar-refractivity contribution >= 4 is 17.1 Å². The van der Waals surface area contributed by atoms with Crippen molar-refractivity contribution in [2.45, 2.75) is 18.8 Å². The molecule has 37 heavy (non-hydrogen) atoms. The maximum absolute atomic E-state index is 12.2. The van der Waals surface area contributed by atoms with Crippen molar-refractivity contribution < 1.29 is 14.3 Å². The number of rotatable bonds is 9. The van der Waals surface area contributed by atoms with Gasteiger partial charge in [0.05, 0.1) is 7.11 Å². The predicted octanol–water partition coefficient (Wildman–Crippen LogP) is 7.08. The van der Waals surface area contributed by atoms with Crippen molar-refractivity contribution in [1.29, 1.82) is 0 Å². The molecule has 186 valence electrons. The van der Waals surface area contributed by atoms with Crippen LogP contribution >= 0.6 is 0 Å². The van der Waals surface area contributed by atoms with E-state index in [1.165, 1.54) is 12.7 Å². The molecule has 1 saturated heterocycles. The number of methoxy groups -OCH3 is 1. The topological polar surface area (TPSA) is 47.6 Å². The number of para-hydroxylation sites is 1. The summed E-state index contributed by atoms with van der Waals surface area (Å²) in [6.45, 7) is 2.05. The van der Waals surface area contributed by atoms with Crippen LogP contribution in [-0.2, 0) is 9.53 Å². The van der Waals surface area contributed by atoms with Gasteiger partial charge in [0.2, 0.25) is 0 Å². The number of hydrogen-bond donors (Lipinski definition) is 1. The molecule has 0 radical (unpaired) electrons. The fourth-order valence-corrected chi connectivity index (χ4v) is 4.66. The molecule has 1 aliphatic heterocycles. The molecule has 4 aromatic carbocycles. The Bertz CT molecular complexity index is 1340. The van der Waals surface area contributed by atoms with Crippen molar-refractivity contribution in [3.05, 3.63) is 131 Å². The minimum Gasteiger partial charge on any atom is -0.469 e. The highest BCUT2D eigenvalue weighted by Crippen LogP contribution is 2.37. The van der Waals surface area contributed by atoms with Crippen LogP contribution in [0.3, 0.4) is 0 Å². The molecule has 4 aromatic rings. The minimum atomic E-state index is -0.216. The standard InChI is InChI=1S/C33H31NO3/c1-36-32(35)21-20-31(25-8-4-2-5-9-25)33(26-14-12-24(13-15-26)28-22-34-23-28)27-16-18-30(19-17-27)37-29-10-6-3-7-11-29/h2-19,28,34H,20-23H2,1H3/b33-31+. The van der Waals surface area contributed by atoms with Crippen LogP contribution in [0.1, 0.15) is 41.0 Å². The van der Waals surface area contributed by atoms with Crippen LogP contribution < -0.4 is 10.1 Å². The van der Waals surface area contributed by atoms with Crippen LogP contribution in [0.5, 0.6) is 11.5 Å². The van der Waals surface area contributed by atoms with Gasteiger partial charge in [0.15, 0.2) is 0 Å². The zero-order valence-corrected chi connectivity index (χ0v) is 21.0. The van der Waals surface area contributed by atoms with Crippen LogP contribution in [0.4, 0.5) is 0 Å². The first-order valence-electron chi connectivity index (χ1n) is 12.7. The summed E-state index contributed by atoms with van der Waals surface area (Å²) < 4.78 is 11.0. The van der Waals surface area contributed by atoms with E-state index < -0.39 is 0 Å². The summed E-state index contributed by atoms with van der Waals surface area (Å²) in [5, 5.41) is 3.35. The molecule has 1 aliphatic rings.